The first-order valence-corrected chi connectivity index (χ1v) is 8.14. The van der Waals surface area contributed by atoms with Crippen LogP contribution in [0.1, 0.15) is 37.6 Å². The zero-order valence-corrected chi connectivity index (χ0v) is 14.1. The van der Waals surface area contributed by atoms with Crippen molar-refractivity contribution >= 4 is 5.91 Å². The molecule has 0 saturated carbocycles. The zero-order valence-electron chi connectivity index (χ0n) is 14.1. The first-order valence-electron chi connectivity index (χ1n) is 8.14. The maximum Gasteiger partial charge on any atom is 0.261 e. The van der Waals surface area contributed by atoms with Gasteiger partial charge in [-0.1, -0.05) is 26.0 Å². The fourth-order valence-electron chi connectivity index (χ4n) is 2.51. The highest BCUT2D eigenvalue weighted by Crippen LogP contribution is 2.25. The van der Waals surface area contributed by atoms with Crippen LogP contribution < -0.4 is 4.74 Å². The van der Waals surface area contributed by atoms with Crippen LogP contribution in [0.3, 0.4) is 0 Å². The highest BCUT2D eigenvalue weighted by atomic mass is 19.1. The van der Waals surface area contributed by atoms with E-state index in [1.165, 1.54) is 12.1 Å². The van der Waals surface area contributed by atoms with Gasteiger partial charge in [-0.15, -0.1) is 10.2 Å². The van der Waals surface area contributed by atoms with E-state index >= 15 is 0 Å². The highest BCUT2D eigenvalue weighted by Gasteiger charge is 2.33. The van der Waals surface area contributed by atoms with Crippen LogP contribution in [0.2, 0.25) is 0 Å². The van der Waals surface area contributed by atoms with Crippen molar-refractivity contribution < 1.29 is 23.1 Å². The van der Waals surface area contributed by atoms with E-state index in [0.29, 0.717) is 24.9 Å². The number of carbonyl (C=O) groups excluding carboxylic acids is 1. The molecule has 1 aromatic carbocycles. The van der Waals surface area contributed by atoms with Crippen molar-refractivity contribution in [3.63, 3.8) is 0 Å². The molecule has 3 rings (SSSR count). The lowest BCUT2D eigenvalue weighted by Gasteiger charge is -2.33. The number of aromatic nitrogens is 2. The Morgan fingerprint density at radius 1 is 1.40 bits per heavy atom. The summed E-state index contributed by atoms with van der Waals surface area (Å²) in [4.78, 5) is 14.1. The van der Waals surface area contributed by atoms with Gasteiger partial charge in [0.25, 0.3) is 5.91 Å². The molecule has 7 nitrogen and oxygen atoms in total. The maximum absolute atomic E-state index is 13.6. The van der Waals surface area contributed by atoms with E-state index < -0.39 is 11.9 Å². The van der Waals surface area contributed by atoms with Gasteiger partial charge in [0.15, 0.2) is 18.2 Å². The molecule has 0 spiro atoms. The quantitative estimate of drug-likeness (QED) is 0.824. The predicted molar refractivity (Wildman–Crippen MR) is 85.6 cm³/mol. The molecule has 1 aromatic heterocycles. The van der Waals surface area contributed by atoms with E-state index in [1.807, 2.05) is 13.8 Å². The number of ether oxygens (including phenoxy) is 2. The maximum atomic E-state index is 13.6. The number of hydrogen-bond acceptors (Lipinski definition) is 6. The smallest absolute Gasteiger partial charge is 0.261 e. The number of carbonyl (C=O) groups is 1. The molecule has 1 unspecified atom stereocenters. The van der Waals surface area contributed by atoms with Crippen molar-refractivity contribution in [2.24, 2.45) is 0 Å². The Labute approximate surface area is 144 Å². The minimum Gasteiger partial charge on any atom is -0.481 e. The third-order valence-electron chi connectivity index (χ3n) is 3.87. The molecule has 1 aliphatic heterocycles. The third kappa shape index (κ3) is 3.96. The molecule has 0 N–H and O–H groups in total. The molecule has 1 aliphatic rings. The van der Waals surface area contributed by atoms with E-state index in [2.05, 4.69) is 10.2 Å². The Kier molecular flexibility index (Phi) is 5.28. The van der Waals surface area contributed by atoms with Gasteiger partial charge in [-0.2, -0.15) is 0 Å². The van der Waals surface area contributed by atoms with Gasteiger partial charge in [0.1, 0.15) is 6.04 Å². The summed E-state index contributed by atoms with van der Waals surface area (Å²) in [6.07, 6.45) is 0. The number of benzene rings is 1. The van der Waals surface area contributed by atoms with Crippen LogP contribution in [0.15, 0.2) is 28.7 Å². The lowest BCUT2D eigenvalue weighted by atomic mass is 10.2. The van der Waals surface area contributed by atoms with Gasteiger partial charge in [0.05, 0.1) is 13.2 Å². The first kappa shape index (κ1) is 17.3. The lowest BCUT2D eigenvalue weighted by molar-refractivity contribution is -0.143. The number of amides is 1. The number of nitrogens with zero attached hydrogens (tertiary/aromatic N) is 3. The van der Waals surface area contributed by atoms with Crippen molar-refractivity contribution in [2.75, 3.05) is 26.4 Å². The summed E-state index contributed by atoms with van der Waals surface area (Å²) in [6, 6.07) is 5.50. The second-order valence-electron chi connectivity index (χ2n) is 6.03. The first-order chi connectivity index (χ1) is 12.1. The van der Waals surface area contributed by atoms with Gasteiger partial charge in [0, 0.05) is 12.5 Å². The molecule has 1 atom stereocenters. The summed E-state index contributed by atoms with van der Waals surface area (Å²) in [5.74, 6) is 0.186. The Morgan fingerprint density at radius 3 is 2.92 bits per heavy atom. The van der Waals surface area contributed by atoms with E-state index in [1.54, 1.807) is 17.0 Å². The number of halogens is 1. The predicted octanol–water partition coefficient (Wildman–Crippen LogP) is 2.31. The van der Waals surface area contributed by atoms with Crippen LogP contribution in [0.25, 0.3) is 0 Å². The molecule has 8 heteroatoms. The highest BCUT2D eigenvalue weighted by molar-refractivity contribution is 5.78. The topological polar surface area (TPSA) is 77.7 Å². The van der Waals surface area contributed by atoms with Gasteiger partial charge in [-0.25, -0.2) is 4.39 Å². The van der Waals surface area contributed by atoms with Crippen molar-refractivity contribution in [3.05, 3.63) is 41.9 Å². The summed E-state index contributed by atoms with van der Waals surface area (Å²) in [6.45, 7) is 4.67. The second-order valence-corrected chi connectivity index (χ2v) is 6.03. The van der Waals surface area contributed by atoms with Crippen molar-refractivity contribution in [2.45, 2.75) is 25.8 Å². The summed E-state index contributed by atoms with van der Waals surface area (Å²) >= 11 is 0. The Bertz CT molecular complexity index is 734. The Morgan fingerprint density at radius 2 is 2.20 bits per heavy atom. The molecular weight excluding hydrogens is 329 g/mol. The third-order valence-corrected chi connectivity index (χ3v) is 3.87. The molecule has 2 aromatic rings. The van der Waals surface area contributed by atoms with Crippen LogP contribution in [0.5, 0.6) is 5.75 Å². The molecule has 25 heavy (non-hydrogen) atoms. The molecule has 134 valence electrons. The molecule has 1 fully saturated rings. The molecule has 1 amide bonds. The zero-order chi connectivity index (χ0) is 17.8. The van der Waals surface area contributed by atoms with E-state index in [0.717, 1.165) is 0 Å². The summed E-state index contributed by atoms with van der Waals surface area (Å²) in [7, 11) is 0. The average Bonchev–Trinajstić information content (AvgIpc) is 3.11. The minimum absolute atomic E-state index is 0.0422. The van der Waals surface area contributed by atoms with Crippen LogP contribution >= 0.6 is 0 Å². The molecule has 0 bridgehead atoms. The molecule has 1 saturated heterocycles. The van der Waals surface area contributed by atoms with Gasteiger partial charge in [-0.05, 0) is 12.1 Å². The van der Waals surface area contributed by atoms with Crippen molar-refractivity contribution in [3.8, 4) is 5.75 Å². The number of hydrogen-bond donors (Lipinski definition) is 0. The second kappa shape index (κ2) is 7.60. The van der Waals surface area contributed by atoms with Crippen LogP contribution in [0.4, 0.5) is 4.39 Å². The lowest BCUT2D eigenvalue weighted by Crippen LogP contribution is -2.45. The summed E-state index contributed by atoms with van der Waals surface area (Å²) < 4.78 is 30.0. The number of rotatable bonds is 5. The number of para-hydroxylation sites is 1. The van der Waals surface area contributed by atoms with Gasteiger partial charge in [0.2, 0.25) is 11.8 Å². The Hall–Kier alpha value is -2.48. The minimum atomic E-state index is -0.507. The van der Waals surface area contributed by atoms with Crippen LogP contribution in [-0.2, 0) is 9.53 Å². The Balaban J connectivity index is 1.69. The van der Waals surface area contributed by atoms with Crippen LogP contribution in [0, 0.1) is 5.82 Å². The van der Waals surface area contributed by atoms with Crippen molar-refractivity contribution in [1.29, 1.82) is 0 Å². The fourth-order valence-corrected chi connectivity index (χ4v) is 2.51. The molecule has 0 radical (unpaired) electrons. The summed E-state index contributed by atoms with van der Waals surface area (Å²) in [5, 5.41) is 8.03. The van der Waals surface area contributed by atoms with Gasteiger partial charge >= 0.3 is 0 Å². The standard InChI is InChI=1S/C17H20FN3O4/c1-11(2)16-19-20-17(25-16)13-9-23-8-7-21(13)15(22)10-24-14-6-4-3-5-12(14)18/h3-6,11,13H,7-10H2,1-2H3. The van der Waals surface area contributed by atoms with Crippen LogP contribution in [-0.4, -0.2) is 47.4 Å². The van der Waals surface area contributed by atoms with E-state index in [9.17, 15) is 9.18 Å². The normalized spacial score (nSPS) is 17.8. The monoisotopic (exact) mass is 349 g/mol. The van der Waals surface area contributed by atoms with Crippen molar-refractivity contribution in [1.82, 2.24) is 15.1 Å². The van der Waals surface area contributed by atoms with E-state index in [4.69, 9.17) is 13.9 Å². The SMILES string of the molecule is CC(C)c1nnc(C2COCCN2C(=O)COc2ccccc2F)o1. The molecule has 0 aliphatic carbocycles. The molecule has 2 heterocycles. The van der Waals surface area contributed by atoms with E-state index in [-0.39, 0.29) is 30.8 Å². The number of morpholine rings is 1. The summed E-state index contributed by atoms with van der Waals surface area (Å²) in [5.41, 5.74) is 0. The van der Waals surface area contributed by atoms with Gasteiger partial charge < -0.3 is 18.8 Å². The largest absolute Gasteiger partial charge is 0.481 e. The van der Waals surface area contributed by atoms with Gasteiger partial charge in [-0.3, -0.25) is 4.79 Å². The fraction of sp³-hybridized carbons (Fsp3) is 0.471. The molecular formula is C17H20FN3O4. The average molecular weight is 349 g/mol.